The van der Waals surface area contributed by atoms with Gasteiger partial charge in [0.2, 0.25) is 0 Å². The summed E-state index contributed by atoms with van der Waals surface area (Å²) >= 11 is 5.74. The van der Waals surface area contributed by atoms with E-state index in [4.69, 9.17) is 11.6 Å². The molecule has 0 aliphatic heterocycles. The first-order chi connectivity index (χ1) is 9.20. The van der Waals surface area contributed by atoms with E-state index in [1.807, 2.05) is 6.07 Å². The topological polar surface area (TPSA) is 20.2 Å². The van der Waals surface area contributed by atoms with Gasteiger partial charge in [0.05, 0.1) is 10.6 Å². The second-order valence-electron chi connectivity index (χ2n) is 7.51. The lowest BCUT2D eigenvalue weighted by atomic mass is 9.58. The molecule has 2 aliphatic rings. The summed E-state index contributed by atoms with van der Waals surface area (Å²) in [4.78, 5) is 0. The van der Waals surface area contributed by atoms with Gasteiger partial charge in [0.25, 0.3) is 0 Å². The molecule has 20 heavy (non-hydrogen) atoms. The van der Waals surface area contributed by atoms with Gasteiger partial charge >= 0.3 is 0 Å². The first-order valence-corrected chi connectivity index (χ1v) is 7.74. The summed E-state index contributed by atoms with van der Waals surface area (Å²) in [7, 11) is 0. The molecule has 0 aromatic heterocycles. The Labute approximate surface area is 125 Å². The average Bonchev–Trinajstić information content (AvgIpc) is 2.82. The van der Waals surface area contributed by atoms with Crippen LogP contribution in [-0.4, -0.2) is 10.7 Å². The number of aliphatic hydroxyl groups is 1. The molecule has 2 aliphatic carbocycles. The molecule has 1 aromatic carbocycles. The fraction of sp³-hybridized carbons (Fsp3) is 0.647. The Bertz CT molecular complexity index is 549. The highest BCUT2D eigenvalue weighted by molar-refractivity contribution is 6.30. The summed E-state index contributed by atoms with van der Waals surface area (Å²) in [6.07, 6.45) is 3.84. The largest absolute Gasteiger partial charge is 0.388 e. The van der Waals surface area contributed by atoms with Gasteiger partial charge in [-0.25, -0.2) is 4.39 Å². The van der Waals surface area contributed by atoms with Crippen molar-refractivity contribution in [1.82, 2.24) is 0 Å². The minimum Gasteiger partial charge on any atom is -0.388 e. The predicted molar refractivity (Wildman–Crippen MR) is 79.3 cm³/mol. The van der Waals surface area contributed by atoms with Gasteiger partial charge in [-0.1, -0.05) is 38.4 Å². The molecule has 0 saturated heterocycles. The van der Waals surface area contributed by atoms with Crippen LogP contribution in [0.2, 0.25) is 5.02 Å². The minimum absolute atomic E-state index is 0.0583. The van der Waals surface area contributed by atoms with Crippen LogP contribution < -0.4 is 0 Å². The molecule has 3 heteroatoms. The third-order valence-electron chi connectivity index (χ3n) is 6.27. The summed E-state index contributed by atoms with van der Waals surface area (Å²) in [5.41, 5.74) is -0.132. The number of rotatable bonds is 2. The lowest BCUT2D eigenvalue weighted by Crippen LogP contribution is -2.55. The monoisotopic (exact) mass is 296 g/mol. The minimum atomic E-state index is -0.775. The quantitative estimate of drug-likeness (QED) is 0.846. The Morgan fingerprint density at radius 2 is 2.05 bits per heavy atom. The lowest BCUT2D eigenvalue weighted by Gasteiger charge is -2.51. The molecule has 1 aromatic rings. The average molecular weight is 297 g/mol. The molecule has 2 fully saturated rings. The summed E-state index contributed by atoms with van der Waals surface area (Å²) < 4.78 is 13.6. The number of halogens is 2. The Balaban J connectivity index is 1.98. The van der Waals surface area contributed by atoms with Crippen LogP contribution in [0.3, 0.4) is 0 Å². The smallest absolute Gasteiger partial charge is 0.142 e. The van der Waals surface area contributed by atoms with Crippen molar-refractivity contribution in [2.75, 3.05) is 0 Å². The highest BCUT2D eigenvalue weighted by Crippen LogP contribution is 2.68. The summed E-state index contributed by atoms with van der Waals surface area (Å²) in [5.74, 6) is 0.161. The summed E-state index contributed by atoms with van der Waals surface area (Å²) in [5, 5.41) is 11.6. The molecule has 3 rings (SSSR count). The molecule has 2 bridgehead atoms. The molecular weight excluding hydrogens is 275 g/mol. The van der Waals surface area contributed by atoms with Crippen LogP contribution in [0.1, 0.15) is 45.6 Å². The van der Waals surface area contributed by atoms with Crippen molar-refractivity contribution in [3.63, 3.8) is 0 Å². The van der Waals surface area contributed by atoms with Gasteiger partial charge in [0, 0.05) is 6.42 Å². The van der Waals surface area contributed by atoms with Crippen molar-refractivity contribution in [1.29, 1.82) is 0 Å². The Kier molecular flexibility index (Phi) is 3.02. The van der Waals surface area contributed by atoms with Crippen molar-refractivity contribution >= 4 is 11.6 Å². The van der Waals surface area contributed by atoms with E-state index in [0.29, 0.717) is 12.3 Å². The zero-order chi connectivity index (χ0) is 14.8. The van der Waals surface area contributed by atoms with E-state index in [2.05, 4.69) is 20.8 Å². The number of hydrogen-bond acceptors (Lipinski definition) is 1. The SMILES string of the molecule is CC12CCC(C1)C(C)(C)C2(O)Cc1ccc(Cl)c(F)c1. The lowest BCUT2D eigenvalue weighted by molar-refractivity contribution is -0.141. The van der Waals surface area contributed by atoms with Gasteiger partial charge in [-0.15, -0.1) is 0 Å². The summed E-state index contributed by atoms with van der Waals surface area (Å²) in [6, 6.07) is 4.87. The van der Waals surface area contributed by atoms with E-state index < -0.39 is 11.4 Å². The molecule has 0 amide bonds. The molecule has 3 atom stereocenters. The zero-order valence-electron chi connectivity index (χ0n) is 12.3. The molecule has 110 valence electrons. The zero-order valence-corrected chi connectivity index (χ0v) is 13.1. The molecule has 0 heterocycles. The van der Waals surface area contributed by atoms with Crippen LogP contribution in [0.25, 0.3) is 0 Å². The van der Waals surface area contributed by atoms with Crippen LogP contribution >= 0.6 is 11.6 Å². The first-order valence-electron chi connectivity index (χ1n) is 7.36. The van der Waals surface area contributed by atoms with Gasteiger partial charge in [-0.05, 0) is 53.7 Å². The Hall–Kier alpha value is -0.600. The first kappa shape index (κ1) is 14.3. The van der Waals surface area contributed by atoms with Gasteiger partial charge < -0.3 is 5.11 Å². The fourth-order valence-corrected chi connectivity index (χ4v) is 4.85. The summed E-state index contributed by atoms with van der Waals surface area (Å²) in [6.45, 7) is 6.51. The normalized spacial score (nSPS) is 38.4. The Morgan fingerprint density at radius 1 is 1.35 bits per heavy atom. The molecule has 3 unspecified atom stereocenters. The maximum absolute atomic E-state index is 13.6. The number of hydrogen-bond donors (Lipinski definition) is 1. The Morgan fingerprint density at radius 3 is 2.60 bits per heavy atom. The molecule has 2 saturated carbocycles. The van der Waals surface area contributed by atoms with E-state index >= 15 is 0 Å². The second-order valence-corrected chi connectivity index (χ2v) is 7.91. The van der Waals surface area contributed by atoms with Crippen molar-refractivity contribution in [3.05, 3.63) is 34.6 Å². The van der Waals surface area contributed by atoms with E-state index in [9.17, 15) is 9.50 Å². The molecule has 1 N–H and O–H groups in total. The fourth-order valence-electron chi connectivity index (χ4n) is 4.73. The van der Waals surface area contributed by atoms with Gasteiger partial charge in [-0.3, -0.25) is 0 Å². The van der Waals surface area contributed by atoms with Crippen molar-refractivity contribution in [2.45, 2.75) is 52.1 Å². The van der Waals surface area contributed by atoms with E-state index in [1.165, 1.54) is 12.5 Å². The molecular formula is C17H22ClFO. The number of benzene rings is 1. The predicted octanol–water partition coefficient (Wildman–Crippen LogP) is 4.60. The third-order valence-corrected chi connectivity index (χ3v) is 6.58. The highest BCUT2D eigenvalue weighted by Gasteiger charge is 2.67. The van der Waals surface area contributed by atoms with E-state index in [1.54, 1.807) is 6.07 Å². The second kappa shape index (κ2) is 4.20. The molecule has 0 radical (unpaired) electrons. The molecule has 0 spiro atoms. The van der Waals surface area contributed by atoms with Crippen LogP contribution in [0.4, 0.5) is 4.39 Å². The number of fused-ring (bicyclic) bond motifs is 2. The maximum Gasteiger partial charge on any atom is 0.142 e. The van der Waals surface area contributed by atoms with Gasteiger partial charge in [0.1, 0.15) is 5.82 Å². The van der Waals surface area contributed by atoms with Crippen molar-refractivity contribution < 1.29 is 9.50 Å². The van der Waals surface area contributed by atoms with Crippen LogP contribution in [0, 0.1) is 22.6 Å². The van der Waals surface area contributed by atoms with Crippen molar-refractivity contribution in [2.24, 2.45) is 16.7 Å². The third kappa shape index (κ3) is 1.70. The van der Waals surface area contributed by atoms with E-state index in [0.717, 1.165) is 18.4 Å². The molecule has 1 nitrogen and oxygen atoms in total. The van der Waals surface area contributed by atoms with Gasteiger partial charge in [0.15, 0.2) is 0 Å². The standard InChI is InChI=1S/C17H22ClFO/c1-15(2)12-6-7-16(3,10-12)17(15,20)9-11-4-5-13(18)14(19)8-11/h4-5,8,12,20H,6-7,9-10H2,1-3H3. The van der Waals surface area contributed by atoms with Gasteiger partial charge in [-0.2, -0.15) is 0 Å². The van der Waals surface area contributed by atoms with Crippen LogP contribution in [0.15, 0.2) is 18.2 Å². The van der Waals surface area contributed by atoms with E-state index in [-0.39, 0.29) is 15.9 Å². The maximum atomic E-state index is 13.6. The highest BCUT2D eigenvalue weighted by atomic mass is 35.5. The van der Waals surface area contributed by atoms with Crippen LogP contribution in [-0.2, 0) is 6.42 Å². The van der Waals surface area contributed by atoms with Crippen molar-refractivity contribution in [3.8, 4) is 0 Å². The van der Waals surface area contributed by atoms with Crippen LogP contribution in [0.5, 0.6) is 0 Å².